The molecule has 0 spiro atoms. The van der Waals surface area contributed by atoms with Crippen molar-refractivity contribution in [2.24, 2.45) is 4.99 Å². The van der Waals surface area contributed by atoms with Crippen molar-refractivity contribution >= 4 is 17.6 Å². The first-order valence-electron chi connectivity index (χ1n) is 7.45. The van der Waals surface area contributed by atoms with Crippen LogP contribution < -0.4 is 10.6 Å². The Kier molecular flexibility index (Phi) is 11.2. The van der Waals surface area contributed by atoms with E-state index in [-0.39, 0.29) is 17.1 Å². The fourth-order valence-corrected chi connectivity index (χ4v) is 1.89. The SMILES string of the molecule is CC(=O)O.CCCCc1ccc(NC2=NCCCN2)cc1.[Cu]. The second-order valence-corrected chi connectivity index (χ2v) is 4.96. The molecule has 22 heavy (non-hydrogen) atoms. The van der Waals surface area contributed by atoms with Gasteiger partial charge in [0.2, 0.25) is 0 Å². The van der Waals surface area contributed by atoms with Gasteiger partial charge in [0.15, 0.2) is 5.96 Å². The van der Waals surface area contributed by atoms with E-state index < -0.39 is 5.97 Å². The summed E-state index contributed by atoms with van der Waals surface area (Å²) in [6.45, 7) is 5.24. The normalized spacial score (nSPS) is 12.7. The predicted octanol–water partition coefficient (Wildman–Crippen LogP) is 2.88. The average molecular weight is 355 g/mol. The van der Waals surface area contributed by atoms with Crippen molar-refractivity contribution in [3.05, 3.63) is 29.8 Å². The molecule has 0 bridgehead atoms. The van der Waals surface area contributed by atoms with Crippen molar-refractivity contribution in [2.75, 3.05) is 18.4 Å². The zero-order valence-electron chi connectivity index (χ0n) is 13.2. The van der Waals surface area contributed by atoms with Crippen LogP contribution in [-0.2, 0) is 28.3 Å². The van der Waals surface area contributed by atoms with Crippen molar-refractivity contribution in [3.63, 3.8) is 0 Å². The molecule has 0 saturated heterocycles. The van der Waals surface area contributed by atoms with Crippen molar-refractivity contribution in [1.82, 2.24) is 5.32 Å². The van der Waals surface area contributed by atoms with Gasteiger partial charge in [0.25, 0.3) is 5.97 Å². The summed E-state index contributed by atoms with van der Waals surface area (Å²) in [5.41, 5.74) is 2.52. The fourth-order valence-electron chi connectivity index (χ4n) is 1.89. The summed E-state index contributed by atoms with van der Waals surface area (Å²) in [5.74, 6) is 0.0672. The van der Waals surface area contributed by atoms with Gasteiger partial charge in [-0.3, -0.25) is 9.79 Å². The van der Waals surface area contributed by atoms with E-state index in [2.05, 4.69) is 46.8 Å². The topological polar surface area (TPSA) is 73.7 Å². The van der Waals surface area contributed by atoms with Crippen LogP contribution in [0.4, 0.5) is 5.69 Å². The molecule has 6 heteroatoms. The Morgan fingerprint density at radius 1 is 1.36 bits per heavy atom. The third-order valence-corrected chi connectivity index (χ3v) is 2.93. The number of guanidine groups is 1. The number of benzene rings is 1. The average Bonchev–Trinajstić information content (AvgIpc) is 2.47. The quantitative estimate of drug-likeness (QED) is 0.727. The third-order valence-electron chi connectivity index (χ3n) is 2.93. The van der Waals surface area contributed by atoms with Gasteiger partial charge in [-0.2, -0.15) is 0 Å². The molecule has 0 amide bonds. The maximum atomic E-state index is 9.00. The number of carboxylic acids is 1. The Morgan fingerprint density at radius 3 is 2.50 bits per heavy atom. The Morgan fingerprint density at radius 2 is 2.00 bits per heavy atom. The summed E-state index contributed by atoms with van der Waals surface area (Å²) in [6.07, 6.45) is 4.82. The maximum Gasteiger partial charge on any atom is 0.300 e. The van der Waals surface area contributed by atoms with Gasteiger partial charge >= 0.3 is 0 Å². The zero-order chi connectivity index (χ0) is 15.5. The Labute approximate surface area is 143 Å². The molecular formula is C16H25CuN3O2. The molecule has 3 N–H and O–H groups in total. The van der Waals surface area contributed by atoms with Gasteiger partial charge in [-0.05, 0) is 37.0 Å². The standard InChI is InChI=1S/C14H21N3.C2H4O2.Cu/c1-2-3-5-12-6-8-13(9-7-12)17-14-15-10-4-11-16-14;1-2(3)4;/h6-9H,2-5,10-11H2,1H3,(H2,15,16,17);1H3,(H,3,4);. The molecule has 2 rings (SSSR count). The molecule has 1 heterocycles. The van der Waals surface area contributed by atoms with Crippen LogP contribution in [0.3, 0.4) is 0 Å². The third kappa shape index (κ3) is 9.42. The number of aliphatic imine (C=N–C) groups is 1. The molecule has 1 aliphatic rings. The number of aliphatic carboxylic acids is 1. The van der Waals surface area contributed by atoms with Gasteiger partial charge < -0.3 is 15.7 Å². The first-order valence-corrected chi connectivity index (χ1v) is 7.45. The second kappa shape index (κ2) is 12.1. The van der Waals surface area contributed by atoms with Crippen LogP contribution in [0.2, 0.25) is 0 Å². The van der Waals surface area contributed by atoms with E-state index in [0.29, 0.717) is 0 Å². The van der Waals surface area contributed by atoms with Crippen molar-refractivity contribution < 1.29 is 27.0 Å². The van der Waals surface area contributed by atoms with E-state index >= 15 is 0 Å². The minimum atomic E-state index is -0.833. The smallest absolute Gasteiger partial charge is 0.300 e. The Bertz CT molecular complexity index is 457. The number of anilines is 1. The number of nitrogens with zero attached hydrogens (tertiary/aromatic N) is 1. The number of unbranched alkanes of at least 4 members (excludes halogenated alkanes) is 1. The number of carbonyl (C=O) groups is 1. The van der Waals surface area contributed by atoms with Gasteiger partial charge in [0.05, 0.1) is 0 Å². The summed E-state index contributed by atoms with van der Waals surface area (Å²) in [6, 6.07) is 8.65. The summed E-state index contributed by atoms with van der Waals surface area (Å²) in [5, 5.41) is 14.0. The summed E-state index contributed by atoms with van der Waals surface area (Å²) in [4.78, 5) is 13.4. The molecule has 1 radical (unpaired) electrons. The molecule has 0 atom stereocenters. The van der Waals surface area contributed by atoms with Gasteiger partial charge in [0.1, 0.15) is 0 Å². The second-order valence-electron chi connectivity index (χ2n) is 4.96. The maximum absolute atomic E-state index is 9.00. The van der Waals surface area contributed by atoms with Gasteiger partial charge in [0, 0.05) is 42.8 Å². The summed E-state index contributed by atoms with van der Waals surface area (Å²) < 4.78 is 0. The minimum Gasteiger partial charge on any atom is -0.481 e. The number of hydrogen-bond donors (Lipinski definition) is 3. The summed E-state index contributed by atoms with van der Waals surface area (Å²) in [7, 11) is 0. The van der Waals surface area contributed by atoms with Crippen LogP contribution in [0.15, 0.2) is 29.3 Å². The molecule has 127 valence electrons. The van der Waals surface area contributed by atoms with Crippen LogP contribution in [0, 0.1) is 0 Å². The molecule has 0 unspecified atom stereocenters. The van der Waals surface area contributed by atoms with Crippen LogP contribution in [-0.4, -0.2) is 30.1 Å². The number of aryl methyl sites for hydroxylation is 1. The van der Waals surface area contributed by atoms with Crippen LogP contribution in [0.5, 0.6) is 0 Å². The molecule has 0 fully saturated rings. The molecular weight excluding hydrogens is 330 g/mol. The summed E-state index contributed by atoms with van der Waals surface area (Å²) >= 11 is 0. The Hall–Kier alpha value is -1.52. The van der Waals surface area contributed by atoms with Crippen molar-refractivity contribution in [2.45, 2.75) is 39.5 Å². The van der Waals surface area contributed by atoms with E-state index in [1.807, 2.05) is 0 Å². The van der Waals surface area contributed by atoms with E-state index in [4.69, 9.17) is 9.90 Å². The molecule has 0 saturated carbocycles. The monoisotopic (exact) mass is 354 g/mol. The number of carboxylic acid groups (broad SMARTS) is 1. The molecule has 1 aromatic rings. The number of hydrogen-bond acceptors (Lipinski definition) is 4. The van der Waals surface area contributed by atoms with Gasteiger partial charge in [-0.15, -0.1) is 0 Å². The first kappa shape index (κ1) is 20.5. The number of nitrogens with one attached hydrogen (secondary N) is 2. The van der Waals surface area contributed by atoms with Gasteiger partial charge in [-0.25, -0.2) is 0 Å². The van der Waals surface area contributed by atoms with Gasteiger partial charge in [-0.1, -0.05) is 25.5 Å². The first-order chi connectivity index (χ1) is 10.1. The number of rotatable bonds is 4. The van der Waals surface area contributed by atoms with E-state index in [1.54, 1.807) is 0 Å². The molecule has 5 nitrogen and oxygen atoms in total. The van der Waals surface area contributed by atoms with Crippen molar-refractivity contribution in [1.29, 1.82) is 0 Å². The molecule has 1 aromatic carbocycles. The minimum absolute atomic E-state index is 0. The van der Waals surface area contributed by atoms with Crippen LogP contribution in [0.1, 0.15) is 38.7 Å². The fraction of sp³-hybridized carbons (Fsp3) is 0.500. The van der Waals surface area contributed by atoms with Crippen LogP contribution >= 0.6 is 0 Å². The molecule has 0 aliphatic carbocycles. The Balaban J connectivity index is 0.000000791. The largest absolute Gasteiger partial charge is 0.481 e. The van der Waals surface area contributed by atoms with E-state index in [0.717, 1.165) is 38.1 Å². The molecule has 1 aliphatic heterocycles. The van der Waals surface area contributed by atoms with Crippen LogP contribution in [0.25, 0.3) is 0 Å². The van der Waals surface area contributed by atoms with E-state index in [1.165, 1.54) is 24.8 Å². The van der Waals surface area contributed by atoms with Crippen molar-refractivity contribution in [3.8, 4) is 0 Å². The zero-order valence-corrected chi connectivity index (χ0v) is 14.1. The predicted molar refractivity (Wildman–Crippen MR) is 86.9 cm³/mol. The molecule has 0 aromatic heterocycles. The van der Waals surface area contributed by atoms with E-state index in [9.17, 15) is 0 Å².